The molecule has 0 spiro atoms. The Balaban J connectivity index is 0.00000176. The van der Waals surface area contributed by atoms with Crippen molar-refractivity contribution in [2.45, 2.75) is 136 Å². The van der Waals surface area contributed by atoms with Crippen LogP contribution in [0.4, 0.5) is 0 Å². The minimum Gasteiger partial charge on any atom is -0.465 e. The van der Waals surface area contributed by atoms with E-state index < -0.39 is 35.3 Å². The molecule has 268 valence electrons. The second-order valence-electron chi connectivity index (χ2n) is 15.7. The first kappa shape index (κ1) is 42.1. The highest BCUT2D eigenvalue weighted by molar-refractivity contribution is 5.98. The summed E-state index contributed by atoms with van der Waals surface area (Å²) in [7, 11) is 0. The van der Waals surface area contributed by atoms with E-state index in [1.54, 1.807) is 6.92 Å². The maximum atomic E-state index is 14.5. The highest BCUT2D eigenvalue weighted by Crippen LogP contribution is 2.66. The Hall–Kier alpha value is -1.92. The van der Waals surface area contributed by atoms with Gasteiger partial charge in [-0.25, -0.2) is 0 Å². The molecule has 6 bridgehead atoms. The minimum atomic E-state index is -0.823. The van der Waals surface area contributed by atoms with E-state index in [1.165, 1.54) is 19.3 Å². The van der Waals surface area contributed by atoms with Crippen molar-refractivity contribution in [2.75, 3.05) is 6.61 Å². The van der Waals surface area contributed by atoms with Gasteiger partial charge >= 0.3 is 23.9 Å². The van der Waals surface area contributed by atoms with Crippen LogP contribution in [-0.4, -0.2) is 36.1 Å². The molecule has 2 heterocycles. The molecule has 7 nitrogen and oxygen atoms in total. The summed E-state index contributed by atoms with van der Waals surface area (Å²) in [5.41, 5.74) is -0.659. The van der Waals surface area contributed by atoms with Gasteiger partial charge in [0.25, 0.3) is 0 Å². The minimum absolute atomic E-state index is 0. The third-order valence-corrected chi connectivity index (χ3v) is 13.8. The summed E-state index contributed by atoms with van der Waals surface area (Å²) < 4.78 is 17.3. The van der Waals surface area contributed by atoms with E-state index in [4.69, 9.17) is 14.2 Å². The molecule has 0 aromatic heterocycles. The summed E-state index contributed by atoms with van der Waals surface area (Å²) in [5, 5.41) is 0. The molecule has 0 aromatic carbocycles. The van der Waals surface area contributed by atoms with Crippen LogP contribution < -0.4 is 0 Å². The van der Waals surface area contributed by atoms with Gasteiger partial charge in [0.05, 0.1) is 30.3 Å². The highest BCUT2D eigenvalue weighted by atomic mass is 16.6. The van der Waals surface area contributed by atoms with E-state index in [0.29, 0.717) is 13.0 Å². The first-order valence-corrected chi connectivity index (χ1v) is 16.1. The number of carbonyl (C=O) groups is 4. The summed E-state index contributed by atoms with van der Waals surface area (Å²) in [4.78, 5) is 52.5. The fourth-order valence-electron chi connectivity index (χ4n) is 11.8. The summed E-state index contributed by atoms with van der Waals surface area (Å²) in [6, 6.07) is 0. The third-order valence-electron chi connectivity index (χ3n) is 13.8. The van der Waals surface area contributed by atoms with E-state index >= 15 is 0 Å². The number of esters is 4. The Labute approximate surface area is 282 Å². The average Bonchev–Trinajstić information content (AvgIpc) is 3.59. The number of ether oxygens (including phenoxy) is 3. The molecule has 0 aromatic rings. The van der Waals surface area contributed by atoms with Crippen LogP contribution in [0.2, 0.25) is 0 Å². The molecular formula is C39H70O7. The van der Waals surface area contributed by atoms with Crippen LogP contribution in [0.3, 0.4) is 0 Å². The van der Waals surface area contributed by atoms with Gasteiger partial charge in [0.15, 0.2) is 0 Å². The van der Waals surface area contributed by atoms with Gasteiger partial charge < -0.3 is 14.2 Å². The molecule has 0 amide bonds. The molecule has 0 N–H and O–H groups in total. The Morgan fingerprint density at radius 1 is 0.826 bits per heavy atom. The highest BCUT2D eigenvalue weighted by Gasteiger charge is 2.65. The van der Waals surface area contributed by atoms with Crippen molar-refractivity contribution in [1.82, 2.24) is 0 Å². The average molecular weight is 651 g/mol. The van der Waals surface area contributed by atoms with Gasteiger partial charge in [-0.05, 0) is 106 Å². The SMILES string of the molecule is C.C.C.C.C.C.CC1C(=O)OC(=O)C1C(CC1C(C)C2CC1C1COC(=O)C21)C(=O)OC(C)(C(C)C)C12CC3CC(CC(C3)C1)C2. The number of carbonyl (C=O) groups excluding carboxylic acids is 4. The lowest BCUT2D eigenvalue weighted by Gasteiger charge is -2.63. The lowest BCUT2D eigenvalue weighted by molar-refractivity contribution is -0.222. The molecule has 2 aliphatic heterocycles. The number of hydrogen-bond donors (Lipinski definition) is 0. The Morgan fingerprint density at radius 2 is 1.37 bits per heavy atom. The molecule has 10 unspecified atom stereocenters. The Morgan fingerprint density at radius 3 is 1.85 bits per heavy atom. The second-order valence-corrected chi connectivity index (χ2v) is 15.7. The molecule has 6 aliphatic carbocycles. The molecule has 6 saturated carbocycles. The van der Waals surface area contributed by atoms with Crippen molar-refractivity contribution in [3.8, 4) is 0 Å². The number of hydrogen-bond acceptors (Lipinski definition) is 7. The standard InChI is InChI=1S/C33H46O7.6CH4/c1-15(2)32(5,33-11-18-6-19(12-33)8-20(7-18)13-33)40-29(35)24(26-17(4)28(34)39-31(26)37)9-21-16(3)22-10-23(21)25-14-38-30(36)27(22)25;;;;;;/h15-27H,6-14H2,1-5H3;6*1H4. The monoisotopic (exact) mass is 651 g/mol. The lowest BCUT2D eigenvalue weighted by Crippen LogP contribution is -2.61. The molecule has 8 fully saturated rings. The summed E-state index contributed by atoms with van der Waals surface area (Å²) in [6.07, 6.45) is 8.76. The van der Waals surface area contributed by atoms with Gasteiger partial charge in [-0.1, -0.05) is 72.3 Å². The van der Waals surface area contributed by atoms with Crippen molar-refractivity contribution >= 4 is 23.9 Å². The molecule has 2 saturated heterocycles. The molecule has 46 heavy (non-hydrogen) atoms. The van der Waals surface area contributed by atoms with Gasteiger partial charge in [0, 0.05) is 11.3 Å². The predicted molar refractivity (Wildman–Crippen MR) is 184 cm³/mol. The number of fused-ring (bicyclic) bond motifs is 5. The molecule has 0 radical (unpaired) electrons. The zero-order valence-electron chi connectivity index (χ0n) is 24.7. The largest absolute Gasteiger partial charge is 0.465 e. The van der Waals surface area contributed by atoms with Gasteiger partial charge in [0.1, 0.15) is 5.60 Å². The third kappa shape index (κ3) is 5.86. The summed E-state index contributed by atoms with van der Waals surface area (Å²) in [5.74, 6) is -0.331. The maximum absolute atomic E-state index is 14.5. The van der Waals surface area contributed by atoms with E-state index in [1.807, 2.05) is 0 Å². The van der Waals surface area contributed by atoms with Gasteiger partial charge in [0.2, 0.25) is 0 Å². The smallest absolute Gasteiger partial charge is 0.318 e. The van der Waals surface area contributed by atoms with Crippen molar-refractivity contribution in [3.63, 3.8) is 0 Å². The first-order chi connectivity index (χ1) is 18.9. The van der Waals surface area contributed by atoms with Crippen LogP contribution in [-0.2, 0) is 33.4 Å². The lowest BCUT2D eigenvalue weighted by atomic mass is 9.44. The van der Waals surface area contributed by atoms with E-state index in [9.17, 15) is 19.2 Å². The van der Waals surface area contributed by atoms with Crippen molar-refractivity contribution in [2.24, 2.45) is 82.3 Å². The topological polar surface area (TPSA) is 96.0 Å². The molecule has 7 heteroatoms. The number of rotatable bonds is 7. The summed E-state index contributed by atoms with van der Waals surface area (Å²) in [6.45, 7) is 10.9. The van der Waals surface area contributed by atoms with Crippen molar-refractivity contribution < 1.29 is 33.4 Å². The van der Waals surface area contributed by atoms with Crippen LogP contribution in [0, 0.1) is 82.3 Å². The van der Waals surface area contributed by atoms with Crippen LogP contribution in [0.5, 0.6) is 0 Å². The predicted octanol–water partition coefficient (Wildman–Crippen LogP) is 9.01. The zero-order valence-corrected chi connectivity index (χ0v) is 24.7. The van der Waals surface area contributed by atoms with Crippen LogP contribution in [0.15, 0.2) is 0 Å². The maximum Gasteiger partial charge on any atom is 0.318 e. The molecule has 8 aliphatic rings. The normalized spacial score (nSPS) is 42.4. The van der Waals surface area contributed by atoms with Crippen molar-refractivity contribution in [1.29, 1.82) is 0 Å². The van der Waals surface area contributed by atoms with E-state index in [2.05, 4.69) is 27.7 Å². The molecule has 10 atom stereocenters. The quantitative estimate of drug-likeness (QED) is 0.154. The van der Waals surface area contributed by atoms with Crippen LogP contribution >= 0.6 is 0 Å². The van der Waals surface area contributed by atoms with Gasteiger partial charge in [-0.15, -0.1) is 0 Å². The zero-order chi connectivity index (χ0) is 28.3. The van der Waals surface area contributed by atoms with Crippen LogP contribution in [0.1, 0.15) is 131 Å². The summed E-state index contributed by atoms with van der Waals surface area (Å²) >= 11 is 0. The van der Waals surface area contributed by atoms with Crippen LogP contribution in [0.25, 0.3) is 0 Å². The Kier molecular flexibility index (Phi) is 13.1. The fourth-order valence-corrected chi connectivity index (χ4v) is 11.8. The van der Waals surface area contributed by atoms with E-state index in [0.717, 1.165) is 43.4 Å². The first-order valence-electron chi connectivity index (χ1n) is 16.1. The molecule has 8 rings (SSSR count). The number of cyclic esters (lactones) is 3. The Bertz CT molecular complexity index is 1090. The van der Waals surface area contributed by atoms with Gasteiger partial charge in [-0.3, -0.25) is 19.2 Å². The molecular weight excluding hydrogens is 580 g/mol. The van der Waals surface area contributed by atoms with Gasteiger partial charge in [-0.2, -0.15) is 0 Å². The van der Waals surface area contributed by atoms with Crippen molar-refractivity contribution in [3.05, 3.63) is 0 Å². The van der Waals surface area contributed by atoms with E-state index in [-0.39, 0.29) is 103 Å². The fraction of sp³-hybridized carbons (Fsp3) is 0.897. The second kappa shape index (κ2) is 14.3.